The van der Waals surface area contributed by atoms with Crippen LogP contribution in [0.4, 0.5) is 0 Å². The average molecular weight is 312 g/mol. The van der Waals surface area contributed by atoms with Crippen molar-refractivity contribution < 1.29 is 5.11 Å². The second kappa shape index (κ2) is 7.91. The van der Waals surface area contributed by atoms with Crippen molar-refractivity contribution in [2.45, 2.75) is 25.8 Å². The van der Waals surface area contributed by atoms with E-state index in [1.54, 1.807) is 0 Å². The lowest BCUT2D eigenvalue weighted by Crippen LogP contribution is -2.39. The fourth-order valence-corrected chi connectivity index (χ4v) is 3.64. The van der Waals surface area contributed by atoms with Gasteiger partial charge in [-0.15, -0.1) is 0 Å². The number of hydrogen-bond donors (Lipinski definition) is 2. The number of benzene rings is 2. The van der Waals surface area contributed by atoms with Crippen molar-refractivity contribution in [3.05, 3.63) is 48.0 Å². The minimum atomic E-state index is 0.279. The summed E-state index contributed by atoms with van der Waals surface area (Å²) in [5, 5.41) is 15.4. The van der Waals surface area contributed by atoms with Crippen molar-refractivity contribution in [1.29, 1.82) is 0 Å². The molecule has 0 bridgehead atoms. The first-order valence-electron chi connectivity index (χ1n) is 8.82. The standard InChI is InChI=1S/C20H28N2O/c1-16(19-8-4-6-18-5-2-3-7-20(18)19)21-15-17-9-11-22(12-10-17)13-14-23/h2-8,16-17,21,23H,9-15H2,1H3/t16-/m1/s1. The minimum Gasteiger partial charge on any atom is -0.395 e. The molecule has 1 fully saturated rings. The van der Waals surface area contributed by atoms with Gasteiger partial charge in [-0.25, -0.2) is 0 Å². The van der Waals surface area contributed by atoms with Gasteiger partial charge < -0.3 is 15.3 Å². The lowest BCUT2D eigenvalue weighted by molar-refractivity contribution is 0.146. The van der Waals surface area contributed by atoms with E-state index in [0.717, 1.165) is 32.1 Å². The summed E-state index contributed by atoms with van der Waals surface area (Å²) in [6, 6.07) is 15.6. The number of nitrogens with zero attached hydrogens (tertiary/aromatic N) is 1. The van der Waals surface area contributed by atoms with Gasteiger partial charge in [0.15, 0.2) is 0 Å². The molecule has 1 heterocycles. The summed E-state index contributed by atoms with van der Waals surface area (Å²) in [5.74, 6) is 0.752. The molecule has 0 unspecified atom stereocenters. The van der Waals surface area contributed by atoms with Crippen LogP contribution in [0, 0.1) is 5.92 Å². The van der Waals surface area contributed by atoms with Gasteiger partial charge in [0.1, 0.15) is 0 Å². The van der Waals surface area contributed by atoms with Crippen molar-refractivity contribution in [3.63, 3.8) is 0 Å². The lowest BCUT2D eigenvalue weighted by atomic mass is 9.95. The summed E-state index contributed by atoms with van der Waals surface area (Å²) in [6.07, 6.45) is 2.46. The van der Waals surface area contributed by atoms with Crippen LogP contribution in [0.5, 0.6) is 0 Å². The highest BCUT2D eigenvalue weighted by molar-refractivity contribution is 5.86. The van der Waals surface area contributed by atoms with E-state index in [2.05, 4.69) is 59.6 Å². The van der Waals surface area contributed by atoms with Crippen molar-refractivity contribution >= 4 is 10.8 Å². The van der Waals surface area contributed by atoms with Crippen LogP contribution in [-0.2, 0) is 0 Å². The van der Waals surface area contributed by atoms with E-state index >= 15 is 0 Å². The van der Waals surface area contributed by atoms with Crippen LogP contribution < -0.4 is 5.32 Å². The molecule has 1 aliphatic rings. The van der Waals surface area contributed by atoms with Gasteiger partial charge in [-0.05, 0) is 61.7 Å². The number of aliphatic hydroxyl groups is 1. The Bertz CT molecular complexity index is 615. The second-order valence-corrected chi connectivity index (χ2v) is 6.71. The molecule has 1 aliphatic heterocycles. The first-order valence-corrected chi connectivity index (χ1v) is 8.82. The van der Waals surface area contributed by atoms with Gasteiger partial charge in [0.25, 0.3) is 0 Å². The zero-order valence-corrected chi connectivity index (χ0v) is 14.0. The van der Waals surface area contributed by atoms with Gasteiger partial charge >= 0.3 is 0 Å². The first kappa shape index (κ1) is 16.4. The molecule has 3 nitrogen and oxygen atoms in total. The van der Waals surface area contributed by atoms with Crippen LogP contribution >= 0.6 is 0 Å². The van der Waals surface area contributed by atoms with Crippen LogP contribution in [0.15, 0.2) is 42.5 Å². The van der Waals surface area contributed by atoms with Gasteiger partial charge in [0.2, 0.25) is 0 Å². The molecule has 0 spiro atoms. The number of rotatable bonds is 6. The number of piperidine rings is 1. The number of β-amino-alcohol motifs (C(OH)–C–C–N with tert-alkyl or cyclic N) is 1. The molecule has 3 rings (SSSR count). The number of hydrogen-bond acceptors (Lipinski definition) is 3. The Kier molecular flexibility index (Phi) is 5.65. The van der Waals surface area contributed by atoms with Crippen molar-refractivity contribution in [1.82, 2.24) is 10.2 Å². The third-order valence-corrected chi connectivity index (χ3v) is 5.13. The maximum absolute atomic E-state index is 9.02. The van der Waals surface area contributed by atoms with Gasteiger partial charge in [-0.1, -0.05) is 42.5 Å². The maximum atomic E-state index is 9.02. The summed E-state index contributed by atoms with van der Waals surface area (Å²) in [4.78, 5) is 2.37. The second-order valence-electron chi connectivity index (χ2n) is 6.71. The van der Waals surface area contributed by atoms with E-state index < -0.39 is 0 Å². The highest BCUT2D eigenvalue weighted by Crippen LogP contribution is 2.25. The predicted octanol–water partition coefficient (Wildman–Crippen LogP) is 3.19. The molecule has 1 atom stereocenters. The Morgan fingerprint density at radius 2 is 1.87 bits per heavy atom. The number of aliphatic hydroxyl groups excluding tert-OH is 1. The molecule has 0 radical (unpaired) electrons. The summed E-state index contributed by atoms with van der Waals surface area (Å²) >= 11 is 0. The third-order valence-electron chi connectivity index (χ3n) is 5.13. The molecule has 1 saturated heterocycles. The molecule has 0 amide bonds. The Labute approximate surface area is 139 Å². The Morgan fingerprint density at radius 3 is 2.65 bits per heavy atom. The van der Waals surface area contributed by atoms with E-state index in [1.165, 1.54) is 29.2 Å². The molecule has 0 aliphatic carbocycles. The van der Waals surface area contributed by atoms with Crippen LogP contribution in [-0.4, -0.2) is 42.8 Å². The Balaban J connectivity index is 1.56. The Hall–Kier alpha value is -1.42. The van der Waals surface area contributed by atoms with Crippen LogP contribution in [0.3, 0.4) is 0 Å². The zero-order chi connectivity index (χ0) is 16.1. The van der Waals surface area contributed by atoms with E-state index in [4.69, 9.17) is 5.11 Å². The summed E-state index contributed by atoms with van der Waals surface area (Å²) in [5.41, 5.74) is 1.39. The molecule has 3 heteroatoms. The Morgan fingerprint density at radius 1 is 1.13 bits per heavy atom. The van der Waals surface area contributed by atoms with Crippen LogP contribution in [0.2, 0.25) is 0 Å². The monoisotopic (exact) mass is 312 g/mol. The molecule has 0 aromatic heterocycles. The topological polar surface area (TPSA) is 35.5 Å². The number of likely N-dealkylation sites (tertiary alicyclic amines) is 1. The predicted molar refractivity (Wildman–Crippen MR) is 96.6 cm³/mol. The zero-order valence-electron chi connectivity index (χ0n) is 14.0. The first-order chi connectivity index (χ1) is 11.3. The fraction of sp³-hybridized carbons (Fsp3) is 0.500. The minimum absolute atomic E-state index is 0.279. The maximum Gasteiger partial charge on any atom is 0.0558 e. The summed E-state index contributed by atoms with van der Waals surface area (Å²) in [6.45, 7) is 6.69. The molecule has 0 saturated carbocycles. The molecule has 124 valence electrons. The van der Waals surface area contributed by atoms with E-state index in [0.29, 0.717) is 6.04 Å². The molecule has 2 N–H and O–H groups in total. The van der Waals surface area contributed by atoms with Crippen LogP contribution in [0.25, 0.3) is 10.8 Å². The molecular formula is C20H28N2O. The fourth-order valence-electron chi connectivity index (χ4n) is 3.64. The largest absolute Gasteiger partial charge is 0.395 e. The quantitative estimate of drug-likeness (QED) is 0.860. The molecule has 2 aromatic carbocycles. The molecular weight excluding hydrogens is 284 g/mol. The highest BCUT2D eigenvalue weighted by Gasteiger charge is 2.19. The summed E-state index contributed by atoms with van der Waals surface area (Å²) < 4.78 is 0. The summed E-state index contributed by atoms with van der Waals surface area (Å²) in [7, 11) is 0. The van der Waals surface area contributed by atoms with Gasteiger partial charge in [-0.2, -0.15) is 0 Å². The van der Waals surface area contributed by atoms with E-state index in [-0.39, 0.29) is 6.61 Å². The third kappa shape index (κ3) is 4.11. The smallest absolute Gasteiger partial charge is 0.0558 e. The van der Waals surface area contributed by atoms with Gasteiger partial charge in [0.05, 0.1) is 6.61 Å². The van der Waals surface area contributed by atoms with Crippen molar-refractivity contribution in [2.24, 2.45) is 5.92 Å². The normalized spacial score (nSPS) is 18.3. The lowest BCUT2D eigenvalue weighted by Gasteiger charge is -2.32. The van der Waals surface area contributed by atoms with E-state index in [9.17, 15) is 0 Å². The van der Waals surface area contributed by atoms with Crippen molar-refractivity contribution in [2.75, 3.05) is 32.8 Å². The van der Waals surface area contributed by atoms with E-state index in [1.807, 2.05) is 0 Å². The van der Waals surface area contributed by atoms with Gasteiger partial charge in [0, 0.05) is 12.6 Å². The average Bonchev–Trinajstić information content (AvgIpc) is 2.60. The van der Waals surface area contributed by atoms with Gasteiger partial charge in [-0.3, -0.25) is 0 Å². The molecule has 23 heavy (non-hydrogen) atoms. The van der Waals surface area contributed by atoms with Crippen LogP contribution in [0.1, 0.15) is 31.4 Å². The van der Waals surface area contributed by atoms with Crippen molar-refractivity contribution in [3.8, 4) is 0 Å². The number of nitrogens with one attached hydrogen (secondary N) is 1. The molecule has 2 aromatic rings. The number of fused-ring (bicyclic) bond motifs is 1. The highest BCUT2D eigenvalue weighted by atomic mass is 16.3. The SMILES string of the molecule is C[C@@H](NCC1CCN(CCO)CC1)c1cccc2ccccc12.